The number of nitrogens with one attached hydrogen (secondary N) is 1. The van der Waals surface area contributed by atoms with Crippen molar-refractivity contribution in [1.82, 2.24) is 10.5 Å². The normalized spacial score (nSPS) is 13.6. The Labute approximate surface area is 83.1 Å². The van der Waals surface area contributed by atoms with Crippen LogP contribution in [0.15, 0.2) is 30.5 Å². The van der Waals surface area contributed by atoms with Crippen molar-refractivity contribution < 1.29 is 4.74 Å². The summed E-state index contributed by atoms with van der Waals surface area (Å²) >= 11 is 0. The summed E-state index contributed by atoms with van der Waals surface area (Å²) in [7, 11) is 0. The lowest BCUT2D eigenvalue weighted by molar-refractivity contribution is 0.340. The average molecular weight is 188 g/mol. The Morgan fingerprint density at radius 3 is 2.64 bits per heavy atom. The summed E-state index contributed by atoms with van der Waals surface area (Å²) in [6.07, 6.45) is 3.67. The predicted octanol–water partition coefficient (Wildman–Crippen LogP) is 1.35. The van der Waals surface area contributed by atoms with Crippen molar-refractivity contribution in [2.45, 2.75) is 6.92 Å². The monoisotopic (exact) mass is 188 g/mol. The molecule has 0 amide bonds. The van der Waals surface area contributed by atoms with E-state index < -0.39 is 0 Å². The van der Waals surface area contributed by atoms with E-state index in [0.717, 1.165) is 16.9 Å². The smallest absolute Gasteiger partial charge is 0.284 e. The number of rotatable bonds is 3. The number of benzene rings is 1. The van der Waals surface area contributed by atoms with E-state index in [0.29, 0.717) is 6.61 Å². The van der Waals surface area contributed by atoms with Crippen molar-refractivity contribution in [2.24, 2.45) is 0 Å². The molecule has 0 saturated heterocycles. The minimum atomic E-state index is 0.699. The molecular weight excluding hydrogens is 176 g/mol. The first kappa shape index (κ1) is 8.81. The van der Waals surface area contributed by atoms with Crippen molar-refractivity contribution >= 4 is 11.8 Å². The Morgan fingerprint density at radius 2 is 2.07 bits per heavy atom. The minimum absolute atomic E-state index is 0.699. The summed E-state index contributed by atoms with van der Waals surface area (Å²) in [5, 5.41) is 3.90. The molecule has 2 rings (SSSR count). The molecule has 1 radical (unpaired) electrons. The summed E-state index contributed by atoms with van der Waals surface area (Å²) in [6, 6.07) is 7.98. The first-order chi connectivity index (χ1) is 6.90. The molecule has 0 bridgehead atoms. The largest absolute Gasteiger partial charge is 0.494 e. The second-order valence-electron chi connectivity index (χ2n) is 2.94. The summed E-state index contributed by atoms with van der Waals surface area (Å²) in [6.45, 7) is 2.68. The molecule has 0 unspecified atom stereocenters. The van der Waals surface area contributed by atoms with Crippen LogP contribution in [0, 0.1) is 0 Å². The van der Waals surface area contributed by atoms with Gasteiger partial charge in [-0.3, -0.25) is 0 Å². The molecule has 0 fully saturated rings. The zero-order chi connectivity index (χ0) is 9.80. The lowest BCUT2D eigenvalue weighted by atomic mass is 10.1. The second-order valence-corrected chi connectivity index (χ2v) is 2.94. The maximum atomic E-state index is 5.35. The number of hydrogen-bond acceptors (Lipinski definition) is 3. The average Bonchev–Trinajstić information content (AvgIpc) is 2.72. The fraction of sp³-hybridized carbons (Fsp3) is 0.182. The van der Waals surface area contributed by atoms with E-state index in [1.165, 1.54) is 0 Å². The van der Waals surface area contributed by atoms with E-state index in [1.54, 1.807) is 6.21 Å². The Kier molecular flexibility index (Phi) is 2.49. The van der Waals surface area contributed by atoms with Crippen LogP contribution >= 0.6 is 0 Å². The van der Waals surface area contributed by atoms with Gasteiger partial charge in [0.25, 0.3) is 6.21 Å². The van der Waals surface area contributed by atoms with Gasteiger partial charge in [-0.1, -0.05) is 12.1 Å². The standard InChI is InChI=1S/C11H12N2O/c1-2-14-11-5-3-9(4-6-11)10-7-12-13-8-10/h3-8,12H,2H2,1H3/q+1. The molecule has 0 spiro atoms. The van der Waals surface area contributed by atoms with Crippen LogP contribution in [0.5, 0.6) is 5.75 Å². The Bertz CT molecular complexity index is 365. The Balaban J connectivity index is 2.17. The molecule has 1 heterocycles. The lowest BCUT2D eigenvalue weighted by Gasteiger charge is -2.02. The fourth-order valence-electron chi connectivity index (χ4n) is 1.32. The molecule has 1 aliphatic rings. The number of nitrogens with zero attached hydrogens (tertiary/aromatic N) is 1. The van der Waals surface area contributed by atoms with Crippen molar-refractivity contribution in [3.63, 3.8) is 0 Å². The van der Waals surface area contributed by atoms with Crippen LogP contribution in [0.3, 0.4) is 0 Å². The van der Waals surface area contributed by atoms with Crippen molar-refractivity contribution in [2.75, 3.05) is 6.61 Å². The van der Waals surface area contributed by atoms with Crippen LogP contribution in [0.25, 0.3) is 5.57 Å². The van der Waals surface area contributed by atoms with Gasteiger partial charge in [0.2, 0.25) is 0 Å². The van der Waals surface area contributed by atoms with Crippen molar-refractivity contribution in [3.05, 3.63) is 36.0 Å². The summed E-state index contributed by atoms with van der Waals surface area (Å²) in [4.78, 5) is 0. The summed E-state index contributed by atoms with van der Waals surface area (Å²) < 4.78 is 5.35. The van der Waals surface area contributed by atoms with E-state index >= 15 is 0 Å². The maximum absolute atomic E-state index is 5.35. The third-order valence-electron chi connectivity index (χ3n) is 2.00. The molecule has 3 nitrogen and oxygen atoms in total. The lowest BCUT2D eigenvalue weighted by Crippen LogP contribution is -1.99. The van der Waals surface area contributed by atoms with Gasteiger partial charge in [0.15, 0.2) is 5.10 Å². The second kappa shape index (κ2) is 3.96. The minimum Gasteiger partial charge on any atom is -0.494 e. The van der Waals surface area contributed by atoms with Gasteiger partial charge in [-0.05, 0) is 24.6 Å². The number of ether oxygens (including phenoxy) is 1. The molecule has 14 heavy (non-hydrogen) atoms. The van der Waals surface area contributed by atoms with Crippen LogP contribution in [0.2, 0.25) is 0 Å². The predicted molar refractivity (Wildman–Crippen MR) is 56.9 cm³/mol. The summed E-state index contributed by atoms with van der Waals surface area (Å²) in [5.41, 5.74) is 5.02. The number of hydrazone groups is 1. The molecule has 1 aromatic carbocycles. The van der Waals surface area contributed by atoms with E-state index in [9.17, 15) is 0 Å². The van der Waals surface area contributed by atoms with Gasteiger partial charge in [0.1, 0.15) is 5.75 Å². The highest BCUT2D eigenvalue weighted by Crippen LogP contribution is 2.17. The third-order valence-corrected chi connectivity index (χ3v) is 2.00. The fourth-order valence-corrected chi connectivity index (χ4v) is 1.32. The quantitative estimate of drug-likeness (QED) is 0.777. The van der Waals surface area contributed by atoms with Crippen LogP contribution in [0.4, 0.5) is 0 Å². The molecule has 0 atom stereocenters. The highest BCUT2D eigenvalue weighted by atomic mass is 16.5. The first-order valence-electron chi connectivity index (χ1n) is 4.62. The number of hydrogen-bond donors (Lipinski definition) is 1. The van der Waals surface area contributed by atoms with Gasteiger partial charge in [-0.2, -0.15) is 0 Å². The molecule has 1 aliphatic heterocycles. The highest BCUT2D eigenvalue weighted by Gasteiger charge is 2.10. The first-order valence-corrected chi connectivity index (χ1v) is 4.62. The van der Waals surface area contributed by atoms with Crippen molar-refractivity contribution in [3.8, 4) is 5.75 Å². The van der Waals surface area contributed by atoms with Gasteiger partial charge in [-0.25, -0.2) is 0 Å². The molecular formula is C11H12N2O+. The van der Waals surface area contributed by atoms with Gasteiger partial charge < -0.3 is 4.74 Å². The molecule has 0 saturated carbocycles. The van der Waals surface area contributed by atoms with E-state index in [1.807, 2.05) is 37.4 Å². The van der Waals surface area contributed by atoms with E-state index in [2.05, 4.69) is 10.5 Å². The van der Waals surface area contributed by atoms with E-state index in [-0.39, 0.29) is 0 Å². The van der Waals surface area contributed by atoms with Gasteiger partial charge in [0.05, 0.1) is 18.4 Å². The van der Waals surface area contributed by atoms with Gasteiger partial charge in [0, 0.05) is 0 Å². The van der Waals surface area contributed by atoms with E-state index in [4.69, 9.17) is 4.74 Å². The summed E-state index contributed by atoms with van der Waals surface area (Å²) in [5.74, 6) is 0.903. The van der Waals surface area contributed by atoms with Crippen LogP contribution < -0.4 is 15.3 Å². The SMILES string of the molecule is CCOc1ccc(C2=CN[N+]=C2)cc1. The molecule has 1 aromatic rings. The zero-order valence-corrected chi connectivity index (χ0v) is 8.03. The highest BCUT2D eigenvalue weighted by molar-refractivity contribution is 6.10. The van der Waals surface area contributed by atoms with Crippen LogP contribution in [-0.4, -0.2) is 12.8 Å². The Hall–Kier alpha value is -1.77. The molecule has 0 aromatic heterocycles. The zero-order valence-electron chi connectivity index (χ0n) is 8.03. The van der Waals surface area contributed by atoms with Crippen molar-refractivity contribution in [1.29, 1.82) is 0 Å². The Morgan fingerprint density at radius 1 is 1.29 bits per heavy atom. The van der Waals surface area contributed by atoms with Crippen LogP contribution in [-0.2, 0) is 0 Å². The molecule has 1 N–H and O–H groups in total. The van der Waals surface area contributed by atoms with Gasteiger partial charge in [-0.15, -0.1) is 5.43 Å². The van der Waals surface area contributed by atoms with Gasteiger partial charge >= 0.3 is 0 Å². The third kappa shape index (κ3) is 1.76. The maximum Gasteiger partial charge on any atom is 0.284 e. The molecule has 0 aliphatic carbocycles. The molecule has 3 heteroatoms. The van der Waals surface area contributed by atoms with Crippen LogP contribution in [0.1, 0.15) is 12.5 Å². The molecule has 71 valence electrons. The topological polar surface area (TPSA) is 35.4 Å². The number of allylic oxidation sites excluding steroid dienone is 1.